The van der Waals surface area contributed by atoms with E-state index in [-0.39, 0.29) is 11.8 Å². The Bertz CT molecular complexity index is 1170. The Morgan fingerprint density at radius 1 is 1.12 bits per heavy atom. The molecule has 0 aromatic heterocycles. The molecule has 2 saturated carbocycles. The van der Waals surface area contributed by atoms with E-state index in [1.54, 1.807) is 20.8 Å². The van der Waals surface area contributed by atoms with Crippen molar-refractivity contribution in [3.63, 3.8) is 0 Å². The average molecular weight is 595 g/mol. The second-order valence-corrected chi connectivity index (χ2v) is 15.2. The maximum atomic E-state index is 13.7. The summed E-state index contributed by atoms with van der Waals surface area (Å²) in [5.41, 5.74) is -2.11. The van der Waals surface area contributed by atoms with Crippen LogP contribution in [0.1, 0.15) is 105 Å². The Labute approximate surface area is 243 Å². The number of ether oxygens (including phenoxy) is 1. The fourth-order valence-corrected chi connectivity index (χ4v) is 7.87. The van der Waals surface area contributed by atoms with E-state index < -0.39 is 55.9 Å². The number of rotatable bonds is 6. The van der Waals surface area contributed by atoms with Gasteiger partial charge in [-0.15, -0.1) is 0 Å². The zero-order chi connectivity index (χ0) is 30.1. The van der Waals surface area contributed by atoms with Gasteiger partial charge in [-0.25, -0.2) is 13.2 Å². The fraction of sp³-hybridized carbons (Fsp3) is 0.793. The zero-order valence-corrected chi connectivity index (χ0v) is 25.6. The van der Waals surface area contributed by atoms with E-state index in [1.807, 2.05) is 19.1 Å². The molecule has 4 rings (SSSR count). The van der Waals surface area contributed by atoms with Crippen molar-refractivity contribution in [2.45, 2.75) is 133 Å². The molecule has 2 aliphatic carbocycles. The van der Waals surface area contributed by atoms with E-state index in [1.165, 1.54) is 4.90 Å². The number of carbonyl (C=O) groups excluding carboxylic acids is 4. The summed E-state index contributed by atoms with van der Waals surface area (Å²) in [4.78, 5) is 54.9. The second kappa shape index (κ2) is 11.9. The Morgan fingerprint density at radius 2 is 1.85 bits per heavy atom. The van der Waals surface area contributed by atoms with Crippen molar-refractivity contribution in [3.8, 4) is 0 Å². The van der Waals surface area contributed by atoms with Crippen LogP contribution in [-0.4, -0.2) is 71.6 Å². The largest absolute Gasteiger partial charge is 0.444 e. The minimum atomic E-state index is -3.90. The molecule has 0 spiro atoms. The van der Waals surface area contributed by atoms with Gasteiger partial charge in [0.05, 0.1) is 4.75 Å². The minimum Gasteiger partial charge on any atom is -0.444 e. The predicted molar refractivity (Wildman–Crippen MR) is 153 cm³/mol. The molecule has 3 fully saturated rings. The van der Waals surface area contributed by atoms with Crippen LogP contribution in [-0.2, 0) is 29.1 Å². The number of allylic oxidation sites excluding steroid dienone is 1. The van der Waals surface area contributed by atoms with Crippen LogP contribution in [0.3, 0.4) is 0 Å². The molecule has 4 aliphatic rings. The maximum Gasteiger partial charge on any atom is 0.408 e. The van der Waals surface area contributed by atoms with E-state index in [2.05, 4.69) is 15.4 Å². The van der Waals surface area contributed by atoms with Crippen LogP contribution < -0.4 is 15.4 Å². The molecule has 4 amide bonds. The molecule has 230 valence electrons. The third-order valence-electron chi connectivity index (χ3n) is 8.64. The van der Waals surface area contributed by atoms with Crippen molar-refractivity contribution >= 4 is 33.8 Å². The fourth-order valence-electron chi connectivity index (χ4n) is 6.11. The Morgan fingerprint density at radius 3 is 2.51 bits per heavy atom. The molecule has 1 saturated heterocycles. The molecule has 4 atom stereocenters. The van der Waals surface area contributed by atoms with Crippen LogP contribution >= 0.6 is 0 Å². The molecule has 0 bridgehead atoms. The highest BCUT2D eigenvalue weighted by atomic mass is 32.2. The van der Waals surface area contributed by atoms with Gasteiger partial charge in [0, 0.05) is 12.5 Å². The van der Waals surface area contributed by atoms with E-state index in [9.17, 15) is 27.6 Å². The lowest BCUT2D eigenvalue weighted by atomic mass is 10.0. The molecular formula is C29H46N4O7S. The summed E-state index contributed by atoms with van der Waals surface area (Å²) in [7, 11) is -3.90. The SMILES string of the molecule is CCCC1(S(=O)(=O)NC(=O)[C@@]23C[C@@H]2/C=C\CCCCC[C@H](NC(=O)OC(C)(C)C)C(=O)N2CCC[C@H]2C(=O)N3)CC1. The Balaban J connectivity index is 1.54. The quantitative estimate of drug-likeness (QED) is 0.400. The molecule has 0 aromatic carbocycles. The highest BCUT2D eigenvalue weighted by Gasteiger charge is 2.63. The first kappa shape index (κ1) is 31.3. The molecule has 2 heterocycles. The van der Waals surface area contributed by atoms with Gasteiger partial charge in [0.25, 0.3) is 5.91 Å². The molecule has 2 aliphatic heterocycles. The molecule has 0 unspecified atom stereocenters. The van der Waals surface area contributed by atoms with E-state index in [0.29, 0.717) is 64.3 Å². The second-order valence-electron chi connectivity index (χ2n) is 13.1. The lowest BCUT2D eigenvalue weighted by Crippen LogP contribution is -2.58. The summed E-state index contributed by atoms with van der Waals surface area (Å²) in [6, 6.07) is -1.67. The van der Waals surface area contributed by atoms with Gasteiger partial charge in [-0.2, -0.15) is 0 Å². The summed E-state index contributed by atoms with van der Waals surface area (Å²) >= 11 is 0. The lowest BCUT2D eigenvalue weighted by molar-refractivity contribution is -0.141. The third-order valence-corrected chi connectivity index (χ3v) is 10.8. The molecule has 41 heavy (non-hydrogen) atoms. The van der Waals surface area contributed by atoms with Crippen molar-refractivity contribution in [2.75, 3.05) is 6.54 Å². The van der Waals surface area contributed by atoms with Crippen molar-refractivity contribution in [3.05, 3.63) is 12.2 Å². The standard InChI is InChI=1S/C29H46N4O7S/c1-5-15-28(16-17-28)41(38,39)32-25(36)29-19-20(29)12-9-7-6-8-10-13-21(30-26(37)40-27(2,3)4)24(35)33-18-11-14-22(33)23(34)31-29/h9,12,20-22H,5-8,10-11,13-19H2,1-4H3,(H,30,37)(H,31,34)(H,32,36)/b12-9-/t20-,21-,22-,29+/m0/s1. The summed E-state index contributed by atoms with van der Waals surface area (Å²) in [6.45, 7) is 7.50. The zero-order valence-electron chi connectivity index (χ0n) is 24.8. The van der Waals surface area contributed by atoms with Crippen molar-refractivity contribution < 1.29 is 32.3 Å². The van der Waals surface area contributed by atoms with Gasteiger partial charge in [-0.3, -0.25) is 19.1 Å². The summed E-state index contributed by atoms with van der Waals surface area (Å²) in [5.74, 6) is -1.89. The van der Waals surface area contributed by atoms with E-state index >= 15 is 0 Å². The molecular weight excluding hydrogens is 548 g/mol. The van der Waals surface area contributed by atoms with Crippen molar-refractivity contribution in [1.29, 1.82) is 0 Å². The predicted octanol–water partition coefficient (Wildman–Crippen LogP) is 3.04. The van der Waals surface area contributed by atoms with Gasteiger partial charge in [-0.1, -0.05) is 38.3 Å². The van der Waals surface area contributed by atoms with Crippen molar-refractivity contribution in [2.24, 2.45) is 5.92 Å². The van der Waals surface area contributed by atoms with E-state index in [4.69, 9.17) is 4.74 Å². The van der Waals surface area contributed by atoms with Crippen molar-refractivity contribution in [1.82, 2.24) is 20.3 Å². The first-order valence-corrected chi connectivity index (χ1v) is 16.6. The van der Waals surface area contributed by atoms with Crippen LogP contribution in [0.25, 0.3) is 0 Å². The van der Waals surface area contributed by atoms with Gasteiger partial charge in [0.2, 0.25) is 21.8 Å². The number of sulfonamides is 1. The molecule has 0 radical (unpaired) electrons. The molecule has 11 nitrogen and oxygen atoms in total. The van der Waals surface area contributed by atoms with Crippen LogP contribution in [0.15, 0.2) is 12.2 Å². The lowest BCUT2D eigenvalue weighted by Gasteiger charge is -2.30. The first-order chi connectivity index (χ1) is 19.2. The molecule has 3 N–H and O–H groups in total. The number of carbonyl (C=O) groups is 4. The minimum absolute atomic E-state index is 0.293. The number of nitrogens with zero attached hydrogens (tertiary/aromatic N) is 1. The van der Waals surface area contributed by atoms with Gasteiger partial charge >= 0.3 is 6.09 Å². The normalized spacial score (nSPS) is 30.9. The highest BCUT2D eigenvalue weighted by molar-refractivity contribution is 7.91. The number of alkyl carbamates (subject to hydrolysis) is 1. The van der Waals surface area contributed by atoms with Crippen LogP contribution in [0, 0.1) is 5.92 Å². The molecule has 12 heteroatoms. The van der Waals surface area contributed by atoms with Crippen LogP contribution in [0.2, 0.25) is 0 Å². The first-order valence-electron chi connectivity index (χ1n) is 15.1. The third kappa shape index (κ3) is 7.06. The van der Waals surface area contributed by atoms with Gasteiger partial charge < -0.3 is 20.3 Å². The highest BCUT2D eigenvalue weighted by Crippen LogP contribution is 2.49. The number of amides is 4. The van der Waals surface area contributed by atoms with Gasteiger partial charge in [-0.05, 0) is 78.6 Å². The summed E-state index contributed by atoms with van der Waals surface area (Å²) in [6.07, 6.45) is 10.2. The number of hydrogen-bond acceptors (Lipinski definition) is 7. The monoisotopic (exact) mass is 594 g/mol. The number of fused-ring (bicyclic) bond motifs is 2. The molecule has 0 aromatic rings. The van der Waals surface area contributed by atoms with Crippen LogP contribution in [0.4, 0.5) is 4.79 Å². The Hall–Kier alpha value is -2.63. The summed E-state index contributed by atoms with van der Waals surface area (Å²) in [5, 5.41) is 5.58. The topological polar surface area (TPSA) is 151 Å². The maximum absolute atomic E-state index is 13.7. The average Bonchev–Trinajstić information content (AvgIpc) is 3.75. The van der Waals surface area contributed by atoms with Gasteiger partial charge in [0.15, 0.2) is 0 Å². The van der Waals surface area contributed by atoms with Crippen LogP contribution in [0.5, 0.6) is 0 Å². The number of hydrogen-bond donors (Lipinski definition) is 3. The summed E-state index contributed by atoms with van der Waals surface area (Å²) < 4.78 is 33.1. The number of nitrogens with one attached hydrogen (secondary N) is 3. The van der Waals surface area contributed by atoms with E-state index in [0.717, 1.165) is 19.3 Å². The Kier molecular flexibility index (Phi) is 9.11. The smallest absolute Gasteiger partial charge is 0.408 e. The van der Waals surface area contributed by atoms with Gasteiger partial charge in [0.1, 0.15) is 23.2 Å².